The van der Waals surface area contributed by atoms with Crippen LogP contribution in [0.25, 0.3) is 11.1 Å². The standard InChI is InChI=1S/C46H71NO7SSi2/c1-13-15-37(31-55(49,50)47(32-51-24-26-56(7,8)9)33-52-25-27-57(10,11)12)40-19-18-38(28-34(40)2)54-44-21-20-41-42(44)16-14-17-43(41)45-35(3)29-39(30-36(45)4)53-23-22-46(5,6)48/h13-14,16-19,28-31,37,44,48H,15,20-27,32-33H2,1-12H3/t37?,44-/m1/s1. The van der Waals surface area contributed by atoms with Crippen molar-refractivity contribution in [3.05, 3.63) is 94.1 Å². The highest BCUT2D eigenvalue weighted by Crippen LogP contribution is 2.43. The summed E-state index contributed by atoms with van der Waals surface area (Å²) in [6, 6.07) is 18.7. The molecule has 0 spiro atoms. The molecule has 316 valence electrons. The Morgan fingerprint density at radius 3 is 2.00 bits per heavy atom. The number of aryl methyl sites for hydroxylation is 3. The molecule has 0 amide bonds. The topological polar surface area (TPSA) is 94.5 Å². The van der Waals surface area contributed by atoms with Gasteiger partial charge in [0, 0.05) is 41.7 Å². The van der Waals surface area contributed by atoms with Crippen LogP contribution >= 0.6 is 0 Å². The van der Waals surface area contributed by atoms with E-state index in [2.05, 4.69) is 83.5 Å². The second-order valence-corrected chi connectivity index (χ2v) is 32.0. The van der Waals surface area contributed by atoms with Crippen molar-refractivity contribution >= 4 is 26.2 Å². The molecule has 0 fully saturated rings. The lowest BCUT2D eigenvalue weighted by Gasteiger charge is -2.26. The number of ether oxygens (including phenoxy) is 4. The number of nitrogens with zero attached hydrogens (tertiary/aromatic N) is 1. The van der Waals surface area contributed by atoms with E-state index in [1.807, 2.05) is 38.5 Å². The number of hydrogen-bond acceptors (Lipinski definition) is 7. The molecule has 11 heteroatoms. The van der Waals surface area contributed by atoms with Crippen molar-refractivity contribution < 1.29 is 32.5 Å². The zero-order valence-corrected chi connectivity index (χ0v) is 39.8. The number of rotatable bonds is 23. The monoisotopic (exact) mass is 837 g/mol. The predicted octanol–water partition coefficient (Wildman–Crippen LogP) is 11.0. The van der Waals surface area contributed by atoms with Gasteiger partial charge in [-0.15, -0.1) is 0 Å². The number of aliphatic hydroxyl groups is 1. The van der Waals surface area contributed by atoms with Crippen LogP contribution < -0.4 is 9.47 Å². The Balaban J connectivity index is 1.49. The first-order valence-electron chi connectivity index (χ1n) is 20.7. The van der Waals surface area contributed by atoms with Gasteiger partial charge in [-0.1, -0.05) is 70.5 Å². The molecule has 8 nitrogen and oxygen atoms in total. The molecule has 1 N–H and O–H groups in total. The Labute approximate surface area is 347 Å². The van der Waals surface area contributed by atoms with Crippen LogP contribution in [0, 0.1) is 32.9 Å². The third-order valence-electron chi connectivity index (χ3n) is 10.5. The van der Waals surface area contributed by atoms with Gasteiger partial charge in [0.2, 0.25) is 10.0 Å². The average Bonchev–Trinajstić information content (AvgIpc) is 3.48. The molecule has 1 unspecified atom stereocenters. The zero-order valence-electron chi connectivity index (χ0n) is 37.0. The smallest absolute Gasteiger partial charge is 0.222 e. The third kappa shape index (κ3) is 14.6. The van der Waals surface area contributed by atoms with Crippen molar-refractivity contribution in [3.8, 4) is 22.6 Å². The molecule has 0 bridgehead atoms. The van der Waals surface area contributed by atoms with Gasteiger partial charge >= 0.3 is 0 Å². The summed E-state index contributed by atoms with van der Waals surface area (Å²) in [6.45, 7) is 27.0. The molecule has 3 aromatic carbocycles. The van der Waals surface area contributed by atoms with Gasteiger partial charge in [-0.05, 0) is 141 Å². The molecule has 2 atom stereocenters. The third-order valence-corrected chi connectivity index (χ3v) is 15.6. The Kier molecular flexibility index (Phi) is 16.7. The quantitative estimate of drug-likeness (QED) is 0.0577. The van der Waals surface area contributed by atoms with Crippen molar-refractivity contribution in [3.63, 3.8) is 0 Å². The largest absolute Gasteiger partial charge is 0.493 e. The molecule has 4 rings (SSSR count). The number of hydrogen-bond donors (Lipinski definition) is 1. The minimum absolute atomic E-state index is 0.0297. The van der Waals surface area contributed by atoms with Crippen LogP contribution in [0.3, 0.4) is 0 Å². The molecule has 0 heterocycles. The fourth-order valence-corrected chi connectivity index (χ4v) is 10.0. The number of sulfonamides is 1. The van der Waals surface area contributed by atoms with E-state index < -0.39 is 31.8 Å². The van der Waals surface area contributed by atoms with Gasteiger partial charge in [-0.3, -0.25) is 0 Å². The summed E-state index contributed by atoms with van der Waals surface area (Å²) in [5, 5.41) is 10.1. The summed E-state index contributed by atoms with van der Waals surface area (Å²) < 4.78 is 54.0. The molecule has 1 aliphatic carbocycles. The summed E-state index contributed by atoms with van der Waals surface area (Å²) in [5.74, 6) is 2.73. The number of benzene rings is 3. The Bertz CT molecular complexity index is 1830. The van der Waals surface area contributed by atoms with E-state index in [0.29, 0.717) is 32.7 Å². The van der Waals surface area contributed by atoms with Crippen molar-refractivity contribution in [1.82, 2.24) is 4.31 Å². The zero-order chi connectivity index (χ0) is 42.2. The first kappa shape index (κ1) is 47.2. The lowest BCUT2D eigenvalue weighted by molar-refractivity contribution is 0.00850. The first-order chi connectivity index (χ1) is 26.6. The average molecular weight is 838 g/mol. The second kappa shape index (κ2) is 20.2. The van der Waals surface area contributed by atoms with E-state index in [9.17, 15) is 13.5 Å². The highest BCUT2D eigenvalue weighted by molar-refractivity contribution is 7.91. The highest BCUT2D eigenvalue weighted by Gasteiger charge is 2.31. The lowest BCUT2D eigenvalue weighted by Crippen LogP contribution is -2.37. The summed E-state index contributed by atoms with van der Waals surface area (Å²) in [5.41, 5.74) is 8.46. The molecule has 3 aromatic rings. The molecule has 0 aromatic heterocycles. The van der Waals surface area contributed by atoms with Crippen LogP contribution in [0.5, 0.6) is 11.5 Å². The first-order valence-corrected chi connectivity index (χ1v) is 29.6. The van der Waals surface area contributed by atoms with Crippen LogP contribution in [-0.2, 0) is 25.9 Å². The molecular formula is C46H71NO7SSi2. The van der Waals surface area contributed by atoms with Gasteiger partial charge in [-0.2, -0.15) is 4.31 Å². The summed E-state index contributed by atoms with van der Waals surface area (Å²) >= 11 is 0. The SMILES string of the molecule is C[CH]CC([CH]S(=O)(=O)N(COCC[Si](C)(C)C)COCC[Si](C)(C)C)c1ccc(O[C@@H]2CCc3c(-c4c(C)cc(OCCC(C)(C)O)cc4C)cccc32)cc1C. The minimum Gasteiger partial charge on any atom is -0.493 e. The van der Waals surface area contributed by atoms with Crippen LogP contribution in [0.4, 0.5) is 0 Å². The van der Waals surface area contributed by atoms with Gasteiger partial charge in [-0.25, -0.2) is 8.42 Å². The fourth-order valence-electron chi connectivity index (χ4n) is 7.20. The van der Waals surface area contributed by atoms with Crippen molar-refractivity contribution in [2.24, 2.45) is 0 Å². The maximum Gasteiger partial charge on any atom is 0.222 e. The maximum absolute atomic E-state index is 14.0. The molecule has 1 aliphatic rings. The Morgan fingerprint density at radius 2 is 1.46 bits per heavy atom. The van der Waals surface area contributed by atoms with Gasteiger partial charge in [0.1, 0.15) is 36.8 Å². The van der Waals surface area contributed by atoms with Crippen LogP contribution in [0.1, 0.15) is 85.4 Å². The number of fused-ring (bicyclic) bond motifs is 1. The van der Waals surface area contributed by atoms with E-state index >= 15 is 0 Å². The van der Waals surface area contributed by atoms with Crippen molar-refractivity contribution in [1.29, 1.82) is 0 Å². The Morgan fingerprint density at radius 1 is 0.860 bits per heavy atom. The van der Waals surface area contributed by atoms with Gasteiger partial charge in [0.25, 0.3) is 0 Å². The van der Waals surface area contributed by atoms with Crippen LogP contribution in [0.2, 0.25) is 51.4 Å². The minimum atomic E-state index is -3.83. The Hall–Kier alpha value is -2.52. The van der Waals surface area contributed by atoms with E-state index in [4.69, 9.17) is 18.9 Å². The summed E-state index contributed by atoms with van der Waals surface area (Å²) in [6.07, 6.45) is 4.86. The molecule has 0 saturated heterocycles. The van der Waals surface area contributed by atoms with E-state index in [1.54, 1.807) is 13.8 Å². The van der Waals surface area contributed by atoms with Gasteiger partial charge < -0.3 is 24.1 Å². The van der Waals surface area contributed by atoms with Crippen molar-refractivity contribution in [2.75, 3.05) is 33.3 Å². The highest BCUT2D eigenvalue weighted by atomic mass is 32.2. The van der Waals surface area contributed by atoms with Gasteiger partial charge in [0.05, 0.1) is 12.2 Å². The maximum atomic E-state index is 14.0. The summed E-state index contributed by atoms with van der Waals surface area (Å²) in [7, 11) is -6.50. The van der Waals surface area contributed by atoms with Crippen LogP contribution in [0.15, 0.2) is 48.5 Å². The normalized spacial score (nSPS) is 15.6. The molecule has 0 aliphatic heterocycles. The molecule has 0 saturated carbocycles. The van der Waals surface area contributed by atoms with E-state index in [1.165, 1.54) is 32.3 Å². The predicted molar refractivity (Wildman–Crippen MR) is 241 cm³/mol. The van der Waals surface area contributed by atoms with Gasteiger partial charge in [0.15, 0.2) is 0 Å². The van der Waals surface area contributed by atoms with E-state index in [0.717, 1.165) is 58.7 Å². The molecular weight excluding hydrogens is 767 g/mol. The lowest BCUT2D eigenvalue weighted by atomic mass is 9.90. The van der Waals surface area contributed by atoms with Crippen LogP contribution in [-0.4, -0.2) is 72.9 Å². The summed E-state index contributed by atoms with van der Waals surface area (Å²) in [4.78, 5) is 0. The van der Waals surface area contributed by atoms with E-state index in [-0.39, 0.29) is 25.5 Å². The molecule has 2 radical (unpaired) electrons. The second-order valence-electron chi connectivity index (χ2n) is 19.0. The van der Waals surface area contributed by atoms with Crippen molar-refractivity contribution in [2.45, 2.75) is 136 Å². The fraction of sp³-hybridized carbons (Fsp3) is 0.565. The molecule has 57 heavy (non-hydrogen) atoms.